The van der Waals surface area contributed by atoms with Gasteiger partial charge < -0.3 is 10.6 Å². The number of carbonyl (C=O) groups excluding carboxylic acids is 1. The van der Waals surface area contributed by atoms with Crippen molar-refractivity contribution in [3.8, 4) is 0 Å². The third-order valence-corrected chi connectivity index (χ3v) is 4.48. The first-order valence-electron chi connectivity index (χ1n) is 6.67. The van der Waals surface area contributed by atoms with E-state index in [0.717, 1.165) is 44.7 Å². The molecule has 4 heteroatoms. The summed E-state index contributed by atoms with van der Waals surface area (Å²) in [6.07, 6.45) is 6.68. The van der Waals surface area contributed by atoms with Crippen molar-refractivity contribution in [2.45, 2.75) is 45.4 Å². The highest BCUT2D eigenvalue weighted by Crippen LogP contribution is 2.39. The van der Waals surface area contributed by atoms with Crippen LogP contribution in [0.2, 0.25) is 0 Å². The fraction of sp³-hybridized carbons (Fsp3) is 0.923. The molecule has 2 fully saturated rings. The fourth-order valence-corrected chi connectivity index (χ4v) is 3.10. The second-order valence-electron chi connectivity index (χ2n) is 5.67. The summed E-state index contributed by atoms with van der Waals surface area (Å²) in [5.41, 5.74) is 5.66. The first-order valence-corrected chi connectivity index (χ1v) is 6.67. The minimum Gasteiger partial charge on any atom is -0.342 e. The van der Waals surface area contributed by atoms with Crippen LogP contribution in [-0.2, 0) is 4.79 Å². The summed E-state index contributed by atoms with van der Waals surface area (Å²) in [5, 5.41) is 0. The second kappa shape index (κ2) is 6.05. The van der Waals surface area contributed by atoms with Crippen molar-refractivity contribution in [3.63, 3.8) is 0 Å². The van der Waals surface area contributed by atoms with Crippen LogP contribution < -0.4 is 5.73 Å². The molecule has 3 nitrogen and oxygen atoms in total. The molecule has 0 aromatic rings. The molecule has 1 saturated heterocycles. The molecule has 1 amide bonds. The quantitative estimate of drug-likeness (QED) is 0.827. The number of nitrogens with zero attached hydrogens (tertiary/aromatic N) is 1. The maximum Gasteiger partial charge on any atom is 0.230 e. The topological polar surface area (TPSA) is 46.3 Å². The van der Waals surface area contributed by atoms with Gasteiger partial charge in [-0.3, -0.25) is 4.79 Å². The number of nitrogens with two attached hydrogens (primary N) is 1. The SMILES string of the molecule is CC1CCN(C(=O)C2(CN)CCCC2)CC1.Cl. The van der Waals surface area contributed by atoms with Gasteiger partial charge in [0.2, 0.25) is 5.91 Å². The van der Waals surface area contributed by atoms with Crippen LogP contribution >= 0.6 is 12.4 Å². The zero-order valence-corrected chi connectivity index (χ0v) is 11.6. The van der Waals surface area contributed by atoms with E-state index in [4.69, 9.17) is 5.73 Å². The molecule has 17 heavy (non-hydrogen) atoms. The van der Waals surface area contributed by atoms with Crippen LogP contribution in [0.4, 0.5) is 0 Å². The molecule has 1 saturated carbocycles. The summed E-state index contributed by atoms with van der Waals surface area (Å²) in [4.78, 5) is 14.6. The Morgan fingerprint density at radius 3 is 2.29 bits per heavy atom. The summed E-state index contributed by atoms with van der Waals surface area (Å²) in [6, 6.07) is 0. The molecule has 0 spiro atoms. The number of amides is 1. The third-order valence-electron chi connectivity index (χ3n) is 4.48. The molecular formula is C13H25ClN2O. The van der Waals surface area contributed by atoms with Gasteiger partial charge in [0, 0.05) is 19.6 Å². The Morgan fingerprint density at radius 1 is 1.29 bits per heavy atom. The number of likely N-dealkylation sites (tertiary alicyclic amines) is 1. The molecule has 2 aliphatic rings. The van der Waals surface area contributed by atoms with Crippen molar-refractivity contribution < 1.29 is 4.79 Å². The van der Waals surface area contributed by atoms with Gasteiger partial charge in [-0.1, -0.05) is 19.8 Å². The number of rotatable bonds is 2. The number of hydrogen-bond acceptors (Lipinski definition) is 2. The monoisotopic (exact) mass is 260 g/mol. The molecule has 100 valence electrons. The Bertz CT molecular complexity index is 256. The molecule has 2 rings (SSSR count). The average molecular weight is 261 g/mol. The summed E-state index contributed by atoms with van der Waals surface area (Å²) >= 11 is 0. The summed E-state index contributed by atoms with van der Waals surface area (Å²) in [6.45, 7) is 4.71. The first-order chi connectivity index (χ1) is 7.68. The van der Waals surface area contributed by atoms with Gasteiger partial charge in [0.05, 0.1) is 5.41 Å². The van der Waals surface area contributed by atoms with Gasteiger partial charge in [-0.2, -0.15) is 0 Å². The highest BCUT2D eigenvalue weighted by molar-refractivity contribution is 5.85. The molecule has 0 radical (unpaired) electrons. The minimum atomic E-state index is -0.194. The Kier molecular flexibility index (Phi) is 5.26. The predicted molar refractivity (Wildman–Crippen MR) is 72.2 cm³/mol. The van der Waals surface area contributed by atoms with Gasteiger partial charge in [-0.15, -0.1) is 12.4 Å². The summed E-state index contributed by atoms with van der Waals surface area (Å²) in [5.74, 6) is 1.13. The minimum absolute atomic E-state index is 0. The lowest BCUT2D eigenvalue weighted by atomic mass is 9.83. The molecule has 0 atom stereocenters. The van der Waals surface area contributed by atoms with Crippen LogP contribution in [0.1, 0.15) is 45.4 Å². The number of carbonyl (C=O) groups is 1. The molecule has 0 unspecified atom stereocenters. The number of piperidine rings is 1. The van der Waals surface area contributed by atoms with Crippen LogP contribution in [0.25, 0.3) is 0 Å². The van der Waals surface area contributed by atoms with Gasteiger partial charge >= 0.3 is 0 Å². The molecule has 0 aromatic heterocycles. The largest absolute Gasteiger partial charge is 0.342 e. The standard InChI is InChI=1S/C13H24N2O.ClH/c1-11-4-8-15(9-5-11)12(16)13(10-14)6-2-3-7-13;/h11H,2-10,14H2,1H3;1H. The van der Waals surface area contributed by atoms with Crippen molar-refractivity contribution in [3.05, 3.63) is 0 Å². The van der Waals surface area contributed by atoms with Crippen LogP contribution in [-0.4, -0.2) is 30.4 Å². The lowest BCUT2D eigenvalue weighted by Gasteiger charge is -2.37. The van der Waals surface area contributed by atoms with Gasteiger partial charge in [-0.05, 0) is 31.6 Å². The molecular weight excluding hydrogens is 236 g/mol. The molecule has 1 heterocycles. The van der Waals surface area contributed by atoms with E-state index in [9.17, 15) is 4.79 Å². The van der Waals surface area contributed by atoms with Crippen molar-refractivity contribution in [1.29, 1.82) is 0 Å². The smallest absolute Gasteiger partial charge is 0.230 e. The molecule has 2 N–H and O–H groups in total. The Morgan fingerprint density at radius 2 is 1.82 bits per heavy atom. The predicted octanol–water partition coefficient (Wildman–Crippen LogP) is 2.19. The van der Waals surface area contributed by atoms with Crippen LogP contribution in [0.15, 0.2) is 0 Å². The maximum atomic E-state index is 12.5. The van der Waals surface area contributed by atoms with Gasteiger partial charge in [0.25, 0.3) is 0 Å². The van der Waals surface area contributed by atoms with Crippen molar-refractivity contribution in [2.75, 3.05) is 19.6 Å². The van der Waals surface area contributed by atoms with Crippen molar-refractivity contribution >= 4 is 18.3 Å². The first kappa shape index (κ1) is 14.8. The van der Waals surface area contributed by atoms with Gasteiger partial charge in [0.1, 0.15) is 0 Å². The molecule has 1 aliphatic heterocycles. The van der Waals surface area contributed by atoms with Crippen molar-refractivity contribution in [1.82, 2.24) is 4.90 Å². The highest BCUT2D eigenvalue weighted by atomic mass is 35.5. The second-order valence-corrected chi connectivity index (χ2v) is 5.67. The summed E-state index contributed by atoms with van der Waals surface area (Å²) in [7, 11) is 0. The van der Waals surface area contributed by atoms with E-state index in [-0.39, 0.29) is 17.8 Å². The average Bonchev–Trinajstić information content (AvgIpc) is 2.79. The Hall–Kier alpha value is -0.280. The van der Waals surface area contributed by atoms with Crippen LogP contribution in [0.3, 0.4) is 0 Å². The molecule has 0 bridgehead atoms. The summed E-state index contributed by atoms with van der Waals surface area (Å²) < 4.78 is 0. The highest BCUT2D eigenvalue weighted by Gasteiger charge is 2.42. The lowest BCUT2D eigenvalue weighted by molar-refractivity contribution is -0.142. The van der Waals surface area contributed by atoms with Crippen LogP contribution in [0, 0.1) is 11.3 Å². The van der Waals surface area contributed by atoms with Gasteiger partial charge in [0.15, 0.2) is 0 Å². The lowest BCUT2D eigenvalue weighted by Crippen LogP contribution is -2.49. The maximum absolute atomic E-state index is 12.5. The number of hydrogen-bond donors (Lipinski definition) is 1. The van der Waals surface area contributed by atoms with E-state index >= 15 is 0 Å². The van der Waals surface area contributed by atoms with E-state index < -0.39 is 0 Å². The number of halogens is 1. The Balaban J connectivity index is 0.00000144. The van der Waals surface area contributed by atoms with E-state index in [1.807, 2.05) is 0 Å². The molecule has 1 aliphatic carbocycles. The zero-order chi connectivity index (χ0) is 11.6. The van der Waals surface area contributed by atoms with E-state index in [2.05, 4.69) is 11.8 Å². The van der Waals surface area contributed by atoms with Crippen LogP contribution in [0.5, 0.6) is 0 Å². The normalized spacial score (nSPS) is 24.5. The van der Waals surface area contributed by atoms with Gasteiger partial charge in [-0.25, -0.2) is 0 Å². The fourth-order valence-electron chi connectivity index (χ4n) is 3.10. The van der Waals surface area contributed by atoms with E-state index in [1.54, 1.807) is 0 Å². The van der Waals surface area contributed by atoms with E-state index in [0.29, 0.717) is 12.5 Å². The zero-order valence-electron chi connectivity index (χ0n) is 10.8. The third kappa shape index (κ3) is 2.94. The van der Waals surface area contributed by atoms with Crippen molar-refractivity contribution in [2.24, 2.45) is 17.1 Å². The molecule has 0 aromatic carbocycles. The van der Waals surface area contributed by atoms with E-state index in [1.165, 1.54) is 12.8 Å². The Labute approximate surface area is 111 Å².